The lowest BCUT2D eigenvalue weighted by Crippen LogP contribution is -2.25. The molecule has 1 N–H and O–H groups in total. The van der Waals surface area contributed by atoms with Crippen molar-refractivity contribution >= 4 is 43.9 Å². The van der Waals surface area contributed by atoms with E-state index in [1.54, 1.807) is 24.3 Å². The van der Waals surface area contributed by atoms with E-state index in [9.17, 15) is 8.42 Å². The van der Waals surface area contributed by atoms with Crippen LogP contribution in [0.5, 0.6) is 5.75 Å². The zero-order valence-electron chi connectivity index (χ0n) is 15.1. The number of nitrogens with zero attached hydrogens (tertiary/aromatic N) is 1. The minimum Gasteiger partial charge on any atom is -0.490 e. The Morgan fingerprint density at radius 1 is 1.04 bits per heavy atom. The molecule has 4 rings (SSSR count). The molecule has 2 aromatic carbocycles. The van der Waals surface area contributed by atoms with E-state index in [0.717, 1.165) is 19.6 Å². The second-order valence-corrected chi connectivity index (χ2v) is 9.46. The van der Waals surface area contributed by atoms with Gasteiger partial charge in [-0.15, -0.1) is 0 Å². The van der Waals surface area contributed by atoms with Crippen molar-refractivity contribution in [3.63, 3.8) is 0 Å². The van der Waals surface area contributed by atoms with Crippen LogP contribution in [0.15, 0.2) is 52.4 Å². The number of nitrogens with one attached hydrogen (secondary N) is 1. The van der Waals surface area contributed by atoms with Crippen LogP contribution >= 0.6 is 23.2 Å². The lowest BCUT2D eigenvalue weighted by atomic mass is 10.2. The van der Waals surface area contributed by atoms with Gasteiger partial charge in [0.05, 0.1) is 25.4 Å². The van der Waals surface area contributed by atoms with E-state index in [-0.39, 0.29) is 19.8 Å². The van der Waals surface area contributed by atoms with Crippen LogP contribution in [0.3, 0.4) is 0 Å². The van der Waals surface area contributed by atoms with Crippen LogP contribution in [0.1, 0.15) is 12.8 Å². The van der Waals surface area contributed by atoms with Gasteiger partial charge in [-0.1, -0.05) is 41.4 Å². The third kappa shape index (κ3) is 3.62. The number of hydrogen-bond acceptors (Lipinski definition) is 4. The molecule has 0 amide bonds. The fourth-order valence-electron chi connectivity index (χ4n) is 3.54. The van der Waals surface area contributed by atoms with Gasteiger partial charge in [0.15, 0.2) is 0 Å². The monoisotopic (exact) mass is 438 g/mol. The normalized spacial score (nSPS) is 15.4. The lowest BCUT2D eigenvalue weighted by Gasteiger charge is -2.15. The minimum absolute atomic E-state index is 0.0112. The van der Waals surface area contributed by atoms with Gasteiger partial charge in [0.25, 0.3) is 0 Å². The summed E-state index contributed by atoms with van der Waals surface area (Å²) >= 11 is 12.2. The number of ether oxygens (including phenoxy) is 1. The number of para-hydroxylation sites is 1. The van der Waals surface area contributed by atoms with Crippen molar-refractivity contribution in [2.75, 3.05) is 26.2 Å². The Kier molecular flexibility index (Phi) is 5.56. The van der Waals surface area contributed by atoms with Gasteiger partial charge in [-0.2, -0.15) is 0 Å². The van der Waals surface area contributed by atoms with Crippen LogP contribution in [0, 0.1) is 0 Å². The number of aromatic nitrogens is 1. The van der Waals surface area contributed by atoms with Gasteiger partial charge in [0.2, 0.25) is 9.84 Å². The molecule has 0 aliphatic carbocycles. The molecule has 0 radical (unpaired) electrons. The average Bonchev–Trinajstić information content (AvgIpc) is 3.34. The molecule has 8 heteroatoms. The molecule has 3 aromatic rings. The van der Waals surface area contributed by atoms with Crippen LogP contribution in [0.2, 0.25) is 10.0 Å². The molecule has 1 aromatic heterocycles. The maximum Gasteiger partial charge on any atom is 0.210 e. The Morgan fingerprint density at radius 2 is 1.79 bits per heavy atom. The average molecular weight is 439 g/mol. The summed E-state index contributed by atoms with van der Waals surface area (Å²) in [5, 5.41) is 0.791. The molecule has 1 fully saturated rings. The summed E-state index contributed by atoms with van der Waals surface area (Å²) in [5.41, 5.74) is 0.653. The molecule has 1 saturated heterocycles. The number of hydrogen-bond donors (Lipinski definition) is 1. The smallest absolute Gasteiger partial charge is 0.210 e. The summed E-state index contributed by atoms with van der Waals surface area (Å²) in [6, 6.07) is 9.97. The Hall–Kier alpha value is -1.73. The molecule has 0 saturated carbocycles. The molecule has 5 nitrogen and oxygen atoms in total. The third-order valence-electron chi connectivity index (χ3n) is 5.00. The van der Waals surface area contributed by atoms with Crippen molar-refractivity contribution in [2.45, 2.75) is 22.6 Å². The first-order chi connectivity index (χ1) is 13.5. The molecule has 1 aliphatic rings. The maximum absolute atomic E-state index is 13.2. The van der Waals surface area contributed by atoms with Crippen LogP contribution < -0.4 is 4.74 Å². The first kappa shape index (κ1) is 19.6. The summed E-state index contributed by atoms with van der Waals surface area (Å²) in [6.45, 7) is 3.64. The van der Waals surface area contributed by atoms with Gasteiger partial charge in [-0.25, -0.2) is 8.42 Å². The number of fused-ring (bicyclic) bond motifs is 1. The number of aromatic amines is 1. The van der Waals surface area contributed by atoms with Gasteiger partial charge in [-0.05, 0) is 44.1 Å². The van der Waals surface area contributed by atoms with Gasteiger partial charge in [0, 0.05) is 18.1 Å². The van der Waals surface area contributed by atoms with Gasteiger partial charge in [-0.3, -0.25) is 4.90 Å². The second kappa shape index (κ2) is 7.95. The quantitative estimate of drug-likeness (QED) is 0.601. The van der Waals surface area contributed by atoms with E-state index in [2.05, 4.69) is 9.88 Å². The van der Waals surface area contributed by atoms with E-state index >= 15 is 0 Å². The number of benzene rings is 2. The molecular weight excluding hydrogens is 419 g/mol. The molecule has 0 unspecified atom stereocenters. The number of rotatable bonds is 6. The van der Waals surface area contributed by atoms with Crippen LogP contribution in [0.4, 0.5) is 0 Å². The third-order valence-corrected chi connectivity index (χ3v) is 7.77. The zero-order chi connectivity index (χ0) is 19.7. The van der Waals surface area contributed by atoms with Gasteiger partial charge < -0.3 is 9.72 Å². The molecule has 2 heterocycles. The number of likely N-dealkylation sites (tertiary alicyclic amines) is 1. The SMILES string of the molecule is O=S(=O)(c1cccc(Cl)c1Cl)c1c[nH]c2c(OCCN3CCCC3)cccc12. The van der Waals surface area contributed by atoms with E-state index in [1.165, 1.54) is 25.1 Å². The summed E-state index contributed by atoms with van der Waals surface area (Å²) in [5.74, 6) is 0.635. The first-order valence-corrected chi connectivity index (χ1v) is 11.4. The van der Waals surface area contributed by atoms with Crippen molar-refractivity contribution in [3.05, 3.63) is 52.6 Å². The van der Waals surface area contributed by atoms with E-state index in [4.69, 9.17) is 27.9 Å². The van der Waals surface area contributed by atoms with Crippen LogP contribution in [0.25, 0.3) is 10.9 Å². The predicted molar refractivity (Wildman–Crippen MR) is 111 cm³/mol. The van der Waals surface area contributed by atoms with Crippen LogP contribution in [-0.2, 0) is 9.84 Å². The van der Waals surface area contributed by atoms with Crippen molar-refractivity contribution in [1.82, 2.24) is 9.88 Å². The Labute approximate surface area is 174 Å². The van der Waals surface area contributed by atoms with Crippen molar-refractivity contribution in [3.8, 4) is 5.75 Å². The molecule has 148 valence electrons. The van der Waals surface area contributed by atoms with E-state index in [1.807, 2.05) is 6.07 Å². The molecular formula is C20H20Cl2N2O3S. The van der Waals surface area contributed by atoms with E-state index in [0.29, 0.717) is 23.3 Å². The highest BCUT2D eigenvalue weighted by Crippen LogP contribution is 2.37. The predicted octanol–water partition coefficient (Wildman–Crippen LogP) is 4.78. The number of sulfone groups is 1. The molecule has 0 bridgehead atoms. The van der Waals surface area contributed by atoms with Crippen molar-refractivity contribution in [2.24, 2.45) is 0 Å². The molecule has 0 atom stereocenters. The summed E-state index contributed by atoms with van der Waals surface area (Å²) in [4.78, 5) is 5.56. The molecule has 28 heavy (non-hydrogen) atoms. The molecule has 1 aliphatic heterocycles. The maximum atomic E-state index is 13.2. The highest BCUT2D eigenvalue weighted by atomic mass is 35.5. The standard InChI is InChI=1S/C20H20Cl2N2O3S/c21-15-6-4-8-17(19(15)22)28(25,26)18-13-23-20-14(18)5-3-7-16(20)27-12-11-24-9-1-2-10-24/h3-8,13,23H,1-2,9-12H2. The summed E-state index contributed by atoms with van der Waals surface area (Å²) in [7, 11) is -3.84. The first-order valence-electron chi connectivity index (χ1n) is 9.13. The number of H-pyrrole nitrogens is 1. The second-order valence-electron chi connectivity index (χ2n) is 6.78. The highest BCUT2D eigenvalue weighted by molar-refractivity contribution is 7.91. The summed E-state index contributed by atoms with van der Waals surface area (Å²) in [6.07, 6.45) is 3.95. The minimum atomic E-state index is -3.84. The fourth-order valence-corrected chi connectivity index (χ4v) is 5.72. The zero-order valence-corrected chi connectivity index (χ0v) is 17.4. The Bertz CT molecular complexity index is 1110. The van der Waals surface area contributed by atoms with Crippen molar-refractivity contribution in [1.29, 1.82) is 0 Å². The van der Waals surface area contributed by atoms with Crippen LogP contribution in [-0.4, -0.2) is 44.5 Å². The lowest BCUT2D eigenvalue weighted by molar-refractivity contribution is 0.239. The van der Waals surface area contributed by atoms with E-state index < -0.39 is 9.84 Å². The summed E-state index contributed by atoms with van der Waals surface area (Å²) < 4.78 is 32.3. The van der Waals surface area contributed by atoms with Gasteiger partial charge in [0.1, 0.15) is 12.4 Å². The highest BCUT2D eigenvalue weighted by Gasteiger charge is 2.26. The number of halogens is 2. The largest absolute Gasteiger partial charge is 0.490 e. The topological polar surface area (TPSA) is 62.4 Å². The fraction of sp³-hybridized carbons (Fsp3) is 0.300. The Morgan fingerprint density at radius 3 is 2.57 bits per heavy atom. The Balaban J connectivity index is 1.65. The van der Waals surface area contributed by atoms with Crippen molar-refractivity contribution < 1.29 is 13.2 Å². The van der Waals surface area contributed by atoms with Gasteiger partial charge >= 0.3 is 0 Å². The molecule has 0 spiro atoms.